The minimum atomic E-state index is 0.785. The second kappa shape index (κ2) is 7.17. The van der Waals surface area contributed by atoms with E-state index in [1.807, 2.05) is 6.07 Å². The third-order valence-corrected chi connectivity index (χ3v) is 2.27. The van der Waals surface area contributed by atoms with Gasteiger partial charge in [0.05, 0.1) is 0 Å². The Morgan fingerprint density at radius 3 is 2.87 bits per heavy atom. The maximum absolute atomic E-state index is 5.42. The van der Waals surface area contributed by atoms with Crippen LogP contribution in [0.15, 0.2) is 12.4 Å². The van der Waals surface area contributed by atoms with Gasteiger partial charge in [-0.1, -0.05) is 13.3 Å². The number of hydrogen-bond donors (Lipinski definition) is 2. The number of nitrogens with two attached hydrogens (primary N) is 1. The fraction of sp³-hybridized carbons (Fsp3) is 0.636. The maximum atomic E-state index is 5.42. The highest BCUT2D eigenvalue weighted by atomic mass is 15.0. The molecule has 0 atom stereocenters. The van der Waals surface area contributed by atoms with Gasteiger partial charge in [-0.2, -0.15) is 0 Å². The van der Waals surface area contributed by atoms with E-state index in [0.717, 1.165) is 43.9 Å². The van der Waals surface area contributed by atoms with Crippen molar-refractivity contribution in [3.8, 4) is 0 Å². The van der Waals surface area contributed by atoms with E-state index in [-0.39, 0.29) is 0 Å². The summed E-state index contributed by atoms with van der Waals surface area (Å²) >= 11 is 0. The third-order valence-electron chi connectivity index (χ3n) is 2.27. The second-order valence-corrected chi connectivity index (χ2v) is 3.52. The third kappa shape index (κ3) is 4.74. The predicted molar refractivity (Wildman–Crippen MR) is 62.8 cm³/mol. The summed E-state index contributed by atoms with van der Waals surface area (Å²) in [5, 5.41) is 3.29. The Bertz CT molecular complexity index is 275. The Balaban J connectivity index is 2.24. The van der Waals surface area contributed by atoms with Crippen molar-refractivity contribution >= 4 is 5.82 Å². The highest BCUT2D eigenvalue weighted by Crippen LogP contribution is 2.04. The molecule has 1 rings (SSSR count). The van der Waals surface area contributed by atoms with Crippen molar-refractivity contribution in [1.29, 1.82) is 0 Å². The molecule has 1 aromatic heterocycles. The van der Waals surface area contributed by atoms with Crippen LogP contribution in [0, 0.1) is 0 Å². The molecular formula is C11H20N4. The van der Waals surface area contributed by atoms with E-state index in [4.69, 9.17) is 5.73 Å². The zero-order chi connectivity index (χ0) is 10.9. The summed E-state index contributed by atoms with van der Waals surface area (Å²) in [6.45, 7) is 3.83. The van der Waals surface area contributed by atoms with E-state index >= 15 is 0 Å². The highest BCUT2D eigenvalue weighted by molar-refractivity contribution is 5.34. The molecule has 0 aromatic carbocycles. The number of aromatic nitrogens is 2. The van der Waals surface area contributed by atoms with Gasteiger partial charge in [0.1, 0.15) is 12.1 Å². The summed E-state index contributed by atoms with van der Waals surface area (Å²) in [6, 6.07) is 2.00. The first-order chi connectivity index (χ1) is 7.36. The van der Waals surface area contributed by atoms with Crippen LogP contribution >= 0.6 is 0 Å². The van der Waals surface area contributed by atoms with Crippen LogP contribution in [-0.4, -0.2) is 23.1 Å². The Morgan fingerprint density at radius 2 is 2.13 bits per heavy atom. The van der Waals surface area contributed by atoms with Gasteiger partial charge in [-0.3, -0.25) is 0 Å². The van der Waals surface area contributed by atoms with Crippen LogP contribution in [0.1, 0.15) is 31.9 Å². The Labute approximate surface area is 91.3 Å². The minimum Gasteiger partial charge on any atom is -0.370 e. The number of anilines is 1. The van der Waals surface area contributed by atoms with Gasteiger partial charge in [-0.25, -0.2) is 9.97 Å². The molecule has 0 unspecified atom stereocenters. The second-order valence-electron chi connectivity index (χ2n) is 3.52. The van der Waals surface area contributed by atoms with Crippen LogP contribution in [0.2, 0.25) is 0 Å². The van der Waals surface area contributed by atoms with Crippen LogP contribution in [0.5, 0.6) is 0 Å². The molecule has 0 radical (unpaired) electrons. The molecule has 0 aliphatic rings. The van der Waals surface area contributed by atoms with Gasteiger partial charge in [0, 0.05) is 18.3 Å². The minimum absolute atomic E-state index is 0.785. The lowest BCUT2D eigenvalue weighted by Gasteiger charge is -2.05. The largest absolute Gasteiger partial charge is 0.370 e. The zero-order valence-electron chi connectivity index (χ0n) is 9.37. The lowest BCUT2D eigenvalue weighted by Crippen LogP contribution is -2.05. The van der Waals surface area contributed by atoms with E-state index < -0.39 is 0 Å². The molecule has 0 saturated heterocycles. The van der Waals surface area contributed by atoms with Crippen molar-refractivity contribution in [3.63, 3.8) is 0 Å². The first-order valence-electron chi connectivity index (χ1n) is 5.61. The first-order valence-corrected chi connectivity index (χ1v) is 5.61. The van der Waals surface area contributed by atoms with Crippen molar-refractivity contribution in [2.24, 2.45) is 5.73 Å². The van der Waals surface area contributed by atoms with Crippen molar-refractivity contribution in [3.05, 3.63) is 18.1 Å². The molecule has 0 amide bonds. The van der Waals surface area contributed by atoms with Gasteiger partial charge in [-0.05, 0) is 25.8 Å². The van der Waals surface area contributed by atoms with Crippen molar-refractivity contribution < 1.29 is 0 Å². The van der Waals surface area contributed by atoms with Gasteiger partial charge >= 0.3 is 0 Å². The molecule has 0 spiro atoms. The van der Waals surface area contributed by atoms with E-state index in [1.165, 1.54) is 6.42 Å². The molecule has 4 nitrogen and oxygen atoms in total. The number of nitrogens with one attached hydrogen (secondary N) is 1. The molecule has 0 saturated carbocycles. The van der Waals surface area contributed by atoms with Gasteiger partial charge in [0.25, 0.3) is 0 Å². The van der Waals surface area contributed by atoms with Gasteiger partial charge in [-0.15, -0.1) is 0 Å². The van der Waals surface area contributed by atoms with Crippen LogP contribution in [0.4, 0.5) is 5.82 Å². The number of rotatable bonds is 7. The number of nitrogens with zero attached hydrogens (tertiary/aromatic N) is 2. The molecule has 0 aliphatic heterocycles. The number of unbranched alkanes of at least 4 members (excludes halogenated alkanes) is 2. The summed E-state index contributed by atoms with van der Waals surface area (Å²) in [6.07, 6.45) is 5.98. The average Bonchev–Trinajstić information content (AvgIpc) is 2.29. The Morgan fingerprint density at radius 1 is 1.27 bits per heavy atom. The van der Waals surface area contributed by atoms with Gasteiger partial charge in [0.15, 0.2) is 0 Å². The van der Waals surface area contributed by atoms with Crippen LogP contribution in [0.3, 0.4) is 0 Å². The normalized spacial score (nSPS) is 10.3. The molecule has 1 aromatic rings. The van der Waals surface area contributed by atoms with Gasteiger partial charge < -0.3 is 11.1 Å². The molecule has 15 heavy (non-hydrogen) atoms. The standard InChI is InChI=1S/C11H20N4/c1-2-10-8-11(15-9-14-10)13-7-5-3-4-6-12/h8-9H,2-7,12H2,1H3,(H,13,14,15). The lowest BCUT2D eigenvalue weighted by molar-refractivity contribution is 0.706. The summed E-state index contributed by atoms with van der Waals surface area (Å²) in [5.74, 6) is 0.926. The maximum Gasteiger partial charge on any atom is 0.129 e. The molecule has 0 fully saturated rings. The van der Waals surface area contributed by atoms with Crippen molar-refractivity contribution in [1.82, 2.24) is 9.97 Å². The summed E-state index contributed by atoms with van der Waals surface area (Å²) in [7, 11) is 0. The van der Waals surface area contributed by atoms with Crippen molar-refractivity contribution in [2.75, 3.05) is 18.4 Å². The van der Waals surface area contributed by atoms with E-state index in [0.29, 0.717) is 0 Å². The van der Waals surface area contributed by atoms with Crippen LogP contribution in [0.25, 0.3) is 0 Å². The molecule has 0 aliphatic carbocycles. The van der Waals surface area contributed by atoms with Crippen molar-refractivity contribution in [2.45, 2.75) is 32.6 Å². The average molecular weight is 208 g/mol. The zero-order valence-corrected chi connectivity index (χ0v) is 9.37. The number of hydrogen-bond acceptors (Lipinski definition) is 4. The highest BCUT2D eigenvalue weighted by Gasteiger charge is 1.95. The monoisotopic (exact) mass is 208 g/mol. The molecule has 84 valence electrons. The van der Waals surface area contributed by atoms with Crippen LogP contribution in [-0.2, 0) is 6.42 Å². The SMILES string of the molecule is CCc1cc(NCCCCCN)ncn1. The van der Waals surface area contributed by atoms with E-state index in [9.17, 15) is 0 Å². The molecule has 1 heterocycles. The fourth-order valence-corrected chi connectivity index (χ4v) is 1.35. The van der Waals surface area contributed by atoms with Gasteiger partial charge in [0.2, 0.25) is 0 Å². The van der Waals surface area contributed by atoms with E-state index in [2.05, 4.69) is 22.2 Å². The summed E-state index contributed by atoms with van der Waals surface area (Å²) in [4.78, 5) is 8.31. The molecule has 3 N–H and O–H groups in total. The fourth-order valence-electron chi connectivity index (χ4n) is 1.35. The summed E-state index contributed by atoms with van der Waals surface area (Å²) in [5.41, 5.74) is 6.50. The quantitative estimate of drug-likeness (QED) is 0.668. The lowest BCUT2D eigenvalue weighted by atomic mass is 10.2. The Kier molecular flexibility index (Phi) is 5.70. The topological polar surface area (TPSA) is 63.8 Å². The smallest absolute Gasteiger partial charge is 0.129 e. The summed E-state index contributed by atoms with van der Waals surface area (Å²) < 4.78 is 0. The van der Waals surface area contributed by atoms with E-state index in [1.54, 1.807) is 6.33 Å². The number of aryl methyl sites for hydroxylation is 1. The molecular weight excluding hydrogens is 188 g/mol. The Hall–Kier alpha value is -1.16. The predicted octanol–water partition coefficient (Wildman–Crippen LogP) is 1.58. The first kappa shape index (κ1) is 11.9. The van der Waals surface area contributed by atoms with Crippen LogP contribution < -0.4 is 11.1 Å². The molecule has 0 bridgehead atoms. The molecule has 4 heteroatoms.